The summed E-state index contributed by atoms with van der Waals surface area (Å²) in [6.45, 7) is 7.82. The smallest absolute Gasteiger partial charge is 0.138 e. The maximum Gasteiger partial charge on any atom is 0.138 e. The van der Waals surface area contributed by atoms with Gasteiger partial charge in [-0.25, -0.2) is 9.97 Å². The molecule has 1 heterocycles. The number of aliphatic hydroxyl groups excluding tert-OH is 1. The second-order valence-corrected chi connectivity index (χ2v) is 5.22. The van der Waals surface area contributed by atoms with Crippen molar-refractivity contribution in [3.05, 3.63) is 11.9 Å². The molecule has 0 saturated heterocycles. The van der Waals surface area contributed by atoms with Crippen LogP contribution >= 0.6 is 0 Å². The molecule has 6 nitrogen and oxygen atoms in total. The van der Waals surface area contributed by atoms with Crippen LogP contribution in [0.4, 0.5) is 11.6 Å². The van der Waals surface area contributed by atoms with E-state index in [2.05, 4.69) is 41.4 Å². The van der Waals surface area contributed by atoms with E-state index in [0.717, 1.165) is 17.5 Å². The number of ether oxygens (including phenoxy) is 1. The summed E-state index contributed by atoms with van der Waals surface area (Å²) in [5, 5.41) is 14.8. The van der Waals surface area contributed by atoms with Gasteiger partial charge >= 0.3 is 0 Å². The fraction of sp³-hybridized carbons (Fsp3) is 0.692. The van der Waals surface area contributed by atoms with Gasteiger partial charge in [0.2, 0.25) is 0 Å². The van der Waals surface area contributed by atoms with Crippen molar-refractivity contribution in [1.82, 2.24) is 9.97 Å². The first-order valence-corrected chi connectivity index (χ1v) is 6.47. The van der Waals surface area contributed by atoms with Crippen LogP contribution in [0.2, 0.25) is 0 Å². The normalized spacial score (nSPS) is 11.4. The predicted molar refractivity (Wildman–Crippen MR) is 76.7 cm³/mol. The highest BCUT2D eigenvalue weighted by molar-refractivity contribution is 5.47. The maximum absolute atomic E-state index is 8.60. The van der Waals surface area contributed by atoms with Gasteiger partial charge in [0, 0.05) is 25.1 Å². The monoisotopic (exact) mass is 268 g/mol. The van der Waals surface area contributed by atoms with Gasteiger partial charge in [0.25, 0.3) is 0 Å². The lowest BCUT2D eigenvalue weighted by atomic mass is 9.96. The highest BCUT2D eigenvalue weighted by Crippen LogP contribution is 2.21. The van der Waals surface area contributed by atoms with E-state index >= 15 is 0 Å². The zero-order chi connectivity index (χ0) is 14.3. The first-order valence-electron chi connectivity index (χ1n) is 6.47. The lowest BCUT2D eigenvalue weighted by Crippen LogP contribution is -2.19. The van der Waals surface area contributed by atoms with E-state index in [0.29, 0.717) is 19.8 Å². The maximum atomic E-state index is 8.60. The van der Waals surface area contributed by atoms with Crippen molar-refractivity contribution >= 4 is 11.6 Å². The molecule has 108 valence electrons. The molecular formula is C13H24N4O2. The summed E-state index contributed by atoms with van der Waals surface area (Å²) in [5.41, 5.74) is -0.101. The molecule has 0 bridgehead atoms. The molecule has 3 N–H and O–H groups in total. The van der Waals surface area contributed by atoms with Crippen molar-refractivity contribution in [3.63, 3.8) is 0 Å². The molecule has 0 saturated carbocycles. The van der Waals surface area contributed by atoms with Crippen molar-refractivity contribution in [1.29, 1.82) is 0 Å². The number of anilines is 2. The molecule has 0 radical (unpaired) electrons. The number of aromatic nitrogens is 2. The van der Waals surface area contributed by atoms with Crippen LogP contribution in [0.1, 0.15) is 26.6 Å². The summed E-state index contributed by atoms with van der Waals surface area (Å²) in [6, 6.07) is 1.86. The molecule has 0 aromatic carbocycles. The molecule has 0 fully saturated rings. The average Bonchev–Trinajstić information content (AvgIpc) is 2.37. The Bertz CT molecular complexity index is 391. The van der Waals surface area contributed by atoms with Crippen LogP contribution in [0.3, 0.4) is 0 Å². The summed E-state index contributed by atoms with van der Waals surface area (Å²) in [4.78, 5) is 8.96. The van der Waals surface area contributed by atoms with Gasteiger partial charge in [-0.05, 0) is 0 Å². The van der Waals surface area contributed by atoms with Crippen LogP contribution in [-0.2, 0) is 10.2 Å². The number of nitrogens with one attached hydrogen (secondary N) is 2. The molecule has 1 aromatic heterocycles. The van der Waals surface area contributed by atoms with Gasteiger partial charge in [0.05, 0.1) is 19.8 Å². The van der Waals surface area contributed by atoms with Crippen molar-refractivity contribution in [3.8, 4) is 0 Å². The Morgan fingerprint density at radius 3 is 2.47 bits per heavy atom. The van der Waals surface area contributed by atoms with Crippen molar-refractivity contribution in [2.24, 2.45) is 0 Å². The zero-order valence-electron chi connectivity index (χ0n) is 12.2. The molecule has 0 spiro atoms. The number of hydrogen-bond donors (Lipinski definition) is 3. The van der Waals surface area contributed by atoms with Crippen LogP contribution < -0.4 is 10.6 Å². The first kappa shape index (κ1) is 15.7. The summed E-state index contributed by atoms with van der Waals surface area (Å²) in [6.07, 6.45) is 0. The fourth-order valence-corrected chi connectivity index (χ4v) is 1.42. The Morgan fingerprint density at radius 2 is 1.89 bits per heavy atom. The third kappa shape index (κ3) is 5.40. The molecule has 1 rings (SSSR count). The first-order chi connectivity index (χ1) is 8.97. The standard InChI is InChI=1S/C13H24N4O2/c1-13(2,3)12-16-10(14-4)9-11(17-12)15-5-7-19-8-6-18/h9,18H,5-8H2,1-4H3,(H2,14,15,16,17). The largest absolute Gasteiger partial charge is 0.394 e. The van der Waals surface area contributed by atoms with Gasteiger partial charge in [-0.15, -0.1) is 0 Å². The average molecular weight is 268 g/mol. The minimum atomic E-state index is -0.101. The van der Waals surface area contributed by atoms with Crippen LogP contribution in [0.25, 0.3) is 0 Å². The molecule has 6 heteroatoms. The third-order valence-corrected chi connectivity index (χ3v) is 2.44. The number of hydrogen-bond acceptors (Lipinski definition) is 6. The lowest BCUT2D eigenvalue weighted by Gasteiger charge is -2.18. The Kier molecular flexibility index (Phi) is 5.98. The van der Waals surface area contributed by atoms with Gasteiger partial charge < -0.3 is 20.5 Å². The second kappa shape index (κ2) is 7.25. The topological polar surface area (TPSA) is 79.3 Å². The second-order valence-electron chi connectivity index (χ2n) is 5.22. The van der Waals surface area contributed by atoms with Crippen LogP contribution in [-0.4, -0.2) is 48.5 Å². The highest BCUT2D eigenvalue weighted by Gasteiger charge is 2.18. The predicted octanol–water partition coefficient (Wildman–Crippen LogP) is 1.24. The molecule has 0 aliphatic rings. The lowest BCUT2D eigenvalue weighted by molar-refractivity contribution is 0.0992. The molecule has 0 amide bonds. The molecule has 19 heavy (non-hydrogen) atoms. The molecule has 1 aromatic rings. The number of aliphatic hydroxyl groups is 1. The van der Waals surface area contributed by atoms with Gasteiger partial charge in [-0.3, -0.25) is 0 Å². The minimum Gasteiger partial charge on any atom is -0.394 e. The summed E-state index contributed by atoms with van der Waals surface area (Å²) in [5.74, 6) is 2.36. The number of nitrogens with zero attached hydrogens (tertiary/aromatic N) is 2. The van der Waals surface area contributed by atoms with E-state index in [-0.39, 0.29) is 12.0 Å². The van der Waals surface area contributed by atoms with Crippen LogP contribution in [0, 0.1) is 0 Å². The van der Waals surface area contributed by atoms with E-state index in [1.165, 1.54) is 0 Å². The minimum absolute atomic E-state index is 0.0472. The zero-order valence-corrected chi connectivity index (χ0v) is 12.2. The van der Waals surface area contributed by atoms with Crippen LogP contribution in [0.5, 0.6) is 0 Å². The molecule has 0 aliphatic carbocycles. The molecule has 0 aliphatic heterocycles. The van der Waals surface area contributed by atoms with Crippen molar-refractivity contribution < 1.29 is 9.84 Å². The Balaban J connectivity index is 2.67. The van der Waals surface area contributed by atoms with E-state index in [9.17, 15) is 0 Å². The van der Waals surface area contributed by atoms with E-state index in [4.69, 9.17) is 9.84 Å². The highest BCUT2D eigenvalue weighted by atomic mass is 16.5. The van der Waals surface area contributed by atoms with Gasteiger partial charge in [0.15, 0.2) is 0 Å². The van der Waals surface area contributed by atoms with Crippen molar-refractivity contribution in [2.75, 3.05) is 44.0 Å². The Morgan fingerprint density at radius 1 is 1.21 bits per heavy atom. The fourth-order valence-electron chi connectivity index (χ4n) is 1.42. The molecule has 0 unspecified atom stereocenters. The molecular weight excluding hydrogens is 244 g/mol. The molecule has 0 atom stereocenters. The van der Waals surface area contributed by atoms with Gasteiger partial charge in [0.1, 0.15) is 17.5 Å². The van der Waals surface area contributed by atoms with E-state index in [1.807, 2.05) is 13.1 Å². The SMILES string of the molecule is CNc1cc(NCCOCCO)nc(C(C)(C)C)n1. The quantitative estimate of drug-likeness (QED) is 0.646. The summed E-state index contributed by atoms with van der Waals surface area (Å²) < 4.78 is 5.19. The van der Waals surface area contributed by atoms with Crippen LogP contribution in [0.15, 0.2) is 6.07 Å². The summed E-state index contributed by atoms with van der Waals surface area (Å²) >= 11 is 0. The van der Waals surface area contributed by atoms with E-state index in [1.54, 1.807) is 0 Å². The third-order valence-electron chi connectivity index (χ3n) is 2.44. The number of rotatable bonds is 7. The van der Waals surface area contributed by atoms with Gasteiger partial charge in [-0.2, -0.15) is 0 Å². The van der Waals surface area contributed by atoms with Gasteiger partial charge in [-0.1, -0.05) is 20.8 Å². The van der Waals surface area contributed by atoms with Crippen molar-refractivity contribution in [2.45, 2.75) is 26.2 Å². The van der Waals surface area contributed by atoms with E-state index < -0.39 is 0 Å². The Labute approximate surface area is 114 Å². The Hall–Kier alpha value is -1.40. The summed E-state index contributed by atoms with van der Waals surface area (Å²) in [7, 11) is 1.84.